The average molecular weight is 357 g/mol. The summed E-state index contributed by atoms with van der Waals surface area (Å²) in [4.78, 5) is 49.8. The molecule has 1 aliphatic heterocycles. The molecule has 3 rings (SSSR count). The summed E-state index contributed by atoms with van der Waals surface area (Å²) in [5, 5.41) is 5.27. The molecule has 7 nitrogen and oxygen atoms in total. The molecule has 2 aliphatic rings. The van der Waals surface area contributed by atoms with Crippen LogP contribution in [0.5, 0.6) is 0 Å². The van der Waals surface area contributed by atoms with Gasteiger partial charge in [-0.2, -0.15) is 0 Å². The molecule has 1 fully saturated rings. The number of benzene rings is 1. The maximum Gasteiger partial charge on any atom is 0.261 e. The molecule has 2 N–H and O–H groups in total. The molecule has 0 radical (unpaired) electrons. The second kappa shape index (κ2) is 7.68. The number of amides is 4. The van der Waals surface area contributed by atoms with Gasteiger partial charge in [0.05, 0.1) is 11.1 Å². The lowest BCUT2D eigenvalue weighted by Crippen LogP contribution is -2.40. The highest BCUT2D eigenvalue weighted by Gasteiger charge is 2.40. The molecular weight excluding hydrogens is 334 g/mol. The van der Waals surface area contributed by atoms with Crippen LogP contribution < -0.4 is 10.6 Å². The fraction of sp³-hybridized carbons (Fsp3) is 0.474. The van der Waals surface area contributed by atoms with Gasteiger partial charge in [0, 0.05) is 31.6 Å². The normalized spacial score (nSPS) is 17.2. The molecule has 138 valence electrons. The minimum Gasteiger partial charge on any atom is -0.355 e. The number of nitrogens with zero attached hydrogens (tertiary/aromatic N) is 1. The second-order valence-electron chi connectivity index (χ2n) is 6.77. The van der Waals surface area contributed by atoms with Crippen LogP contribution >= 0.6 is 0 Å². The van der Waals surface area contributed by atoms with Crippen LogP contribution in [-0.4, -0.2) is 47.7 Å². The van der Waals surface area contributed by atoms with E-state index >= 15 is 0 Å². The molecule has 1 aromatic rings. The summed E-state index contributed by atoms with van der Waals surface area (Å²) in [6.07, 6.45) is 4.90. The van der Waals surface area contributed by atoms with Crippen LogP contribution in [0.3, 0.4) is 0 Å². The topological polar surface area (TPSA) is 95.6 Å². The summed E-state index contributed by atoms with van der Waals surface area (Å²) in [5.74, 6) is -1.06. The maximum absolute atomic E-state index is 12.7. The lowest BCUT2D eigenvalue weighted by molar-refractivity contribution is -0.118. The Morgan fingerprint density at radius 3 is 2.35 bits per heavy atom. The third kappa shape index (κ3) is 3.61. The number of hydrogen-bond donors (Lipinski definition) is 2. The standard InChI is InChI=1S/C19H23N3O4/c1-12(23)20-9-10-21-17(24)13-7-8-15-16(11-13)19(26)22(18(15)25)14-5-3-2-4-6-14/h7-8,11,14H,2-6,9-10H2,1H3,(H,20,23)(H,21,24). The Hall–Kier alpha value is -2.70. The van der Waals surface area contributed by atoms with Gasteiger partial charge in [-0.3, -0.25) is 24.1 Å². The number of carbonyl (C=O) groups is 4. The lowest BCUT2D eigenvalue weighted by atomic mass is 9.94. The Balaban J connectivity index is 1.70. The molecule has 0 bridgehead atoms. The van der Waals surface area contributed by atoms with Crippen molar-refractivity contribution >= 4 is 23.6 Å². The van der Waals surface area contributed by atoms with Gasteiger partial charge in [-0.25, -0.2) is 0 Å². The van der Waals surface area contributed by atoms with E-state index < -0.39 is 0 Å². The van der Waals surface area contributed by atoms with Crippen molar-refractivity contribution in [3.05, 3.63) is 34.9 Å². The van der Waals surface area contributed by atoms with E-state index in [1.807, 2.05) is 0 Å². The Bertz CT molecular complexity index is 753. The molecule has 0 spiro atoms. The molecule has 0 atom stereocenters. The summed E-state index contributed by atoms with van der Waals surface area (Å²) >= 11 is 0. The van der Waals surface area contributed by atoms with Crippen molar-refractivity contribution in [3.8, 4) is 0 Å². The number of carbonyl (C=O) groups excluding carboxylic acids is 4. The van der Waals surface area contributed by atoms with Crippen molar-refractivity contribution in [3.63, 3.8) is 0 Å². The van der Waals surface area contributed by atoms with E-state index in [4.69, 9.17) is 0 Å². The van der Waals surface area contributed by atoms with Gasteiger partial charge < -0.3 is 10.6 Å². The number of fused-ring (bicyclic) bond motifs is 1. The van der Waals surface area contributed by atoms with Crippen LogP contribution in [0.15, 0.2) is 18.2 Å². The molecular formula is C19H23N3O4. The van der Waals surface area contributed by atoms with Crippen molar-refractivity contribution in [2.24, 2.45) is 0 Å². The second-order valence-corrected chi connectivity index (χ2v) is 6.77. The Kier molecular flexibility index (Phi) is 5.35. The summed E-state index contributed by atoms with van der Waals surface area (Å²) in [7, 11) is 0. The van der Waals surface area contributed by atoms with Gasteiger partial charge in [-0.15, -0.1) is 0 Å². The molecule has 0 aromatic heterocycles. The minimum absolute atomic E-state index is 0.0360. The largest absolute Gasteiger partial charge is 0.355 e. The van der Waals surface area contributed by atoms with Crippen molar-refractivity contribution in [1.29, 1.82) is 0 Å². The third-order valence-electron chi connectivity index (χ3n) is 4.90. The zero-order valence-electron chi connectivity index (χ0n) is 14.8. The maximum atomic E-state index is 12.7. The van der Waals surface area contributed by atoms with E-state index in [-0.39, 0.29) is 36.2 Å². The van der Waals surface area contributed by atoms with Gasteiger partial charge in [-0.05, 0) is 31.0 Å². The molecule has 1 aliphatic carbocycles. The molecule has 7 heteroatoms. The lowest BCUT2D eigenvalue weighted by Gasteiger charge is -2.29. The van der Waals surface area contributed by atoms with Gasteiger partial charge >= 0.3 is 0 Å². The summed E-state index contributed by atoms with van der Waals surface area (Å²) in [5.41, 5.74) is 1.00. The molecule has 0 saturated heterocycles. The van der Waals surface area contributed by atoms with E-state index in [2.05, 4.69) is 10.6 Å². The van der Waals surface area contributed by atoms with Crippen molar-refractivity contribution in [2.75, 3.05) is 13.1 Å². The summed E-state index contributed by atoms with van der Waals surface area (Å²) < 4.78 is 0. The summed E-state index contributed by atoms with van der Waals surface area (Å²) in [6.45, 7) is 2.03. The molecule has 0 unspecified atom stereocenters. The first-order chi connectivity index (χ1) is 12.5. The van der Waals surface area contributed by atoms with E-state index in [0.717, 1.165) is 32.1 Å². The van der Waals surface area contributed by atoms with Crippen molar-refractivity contribution in [2.45, 2.75) is 45.1 Å². The quantitative estimate of drug-likeness (QED) is 0.616. The van der Waals surface area contributed by atoms with Crippen LogP contribution in [-0.2, 0) is 4.79 Å². The molecule has 1 aromatic carbocycles. The number of hydrogen-bond acceptors (Lipinski definition) is 4. The van der Waals surface area contributed by atoms with Gasteiger partial charge in [0.1, 0.15) is 0 Å². The number of rotatable bonds is 5. The Morgan fingerprint density at radius 2 is 1.65 bits per heavy atom. The molecule has 4 amide bonds. The fourth-order valence-corrected chi connectivity index (χ4v) is 3.59. The van der Waals surface area contributed by atoms with E-state index in [9.17, 15) is 19.2 Å². The van der Waals surface area contributed by atoms with Gasteiger partial charge in [0.25, 0.3) is 17.7 Å². The van der Waals surface area contributed by atoms with Crippen molar-refractivity contribution in [1.82, 2.24) is 15.5 Å². The Labute approximate surface area is 152 Å². The first-order valence-corrected chi connectivity index (χ1v) is 9.03. The van der Waals surface area contributed by atoms with E-state index in [0.29, 0.717) is 23.2 Å². The Morgan fingerprint density at radius 1 is 1.00 bits per heavy atom. The monoisotopic (exact) mass is 357 g/mol. The van der Waals surface area contributed by atoms with Crippen LogP contribution in [0.2, 0.25) is 0 Å². The van der Waals surface area contributed by atoms with Gasteiger partial charge in [0.15, 0.2) is 0 Å². The summed E-state index contributed by atoms with van der Waals surface area (Å²) in [6, 6.07) is 4.57. The van der Waals surface area contributed by atoms with E-state index in [1.165, 1.54) is 17.9 Å². The van der Waals surface area contributed by atoms with Crippen LogP contribution in [0.25, 0.3) is 0 Å². The molecule has 1 heterocycles. The highest BCUT2D eigenvalue weighted by Crippen LogP contribution is 2.31. The smallest absolute Gasteiger partial charge is 0.261 e. The average Bonchev–Trinajstić information content (AvgIpc) is 2.89. The first-order valence-electron chi connectivity index (χ1n) is 9.03. The number of nitrogens with one attached hydrogen (secondary N) is 2. The third-order valence-corrected chi connectivity index (χ3v) is 4.90. The predicted molar refractivity (Wildman–Crippen MR) is 94.8 cm³/mol. The van der Waals surface area contributed by atoms with Crippen LogP contribution in [0, 0.1) is 0 Å². The first kappa shape index (κ1) is 18.1. The number of imide groups is 1. The van der Waals surface area contributed by atoms with Gasteiger partial charge in [0.2, 0.25) is 5.91 Å². The zero-order valence-corrected chi connectivity index (χ0v) is 14.8. The zero-order chi connectivity index (χ0) is 18.7. The minimum atomic E-state index is -0.338. The SMILES string of the molecule is CC(=O)NCCNC(=O)c1ccc2c(c1)C(=O)N(C1CCCCC1)C2=O. The highest BCUT2D eigenvalue weighted by molar-refractivity contribution is 6.22. The van der Waals surface area contributed by atoms with Crippen LogP contribution in [0.1, 0.15) is 70.1 Å². The van der Waals surface area contributed by atoms with Gasteiger partial charge in [-0.1, -0.05) is 19.3 Å². The molecule has 26 heavy (non-hydrogen) atoms. The van der Waals surface area contributed by atoms with Crippen molar-refractivity contribution < 1.29 is 19.2 Å². The van der Waals surface area contributed by atoms with E-state index in [1.54, 1.807) is 12.1 Å². The van der Waals surface area contributed by atoms with Crippen LogP contribution in [0.4, 0.5) is 0 Å². The molecule has 1 saturated carbocycles. The highest BCUT2D eigenvalue weighted by atomic mass is 16.2. The fourth-order valence-electron chi connectivity index (χ4n) is 3.59. The predicted octanol–water partition coefficient (Wildman–Crippen LogP) is 1.48.